The van der Waals surface area contributed by atoms with Crippen LogP contribution in [0.2, 0.25) is 0 Å². The van der Waals surface area contributed by atoms with Crippen LogP contribution in [0.5, 0.6) is 17.4 Å². The van der Waals surface area contributed by atoms with Gasteiger partial charge in [-0.2, -0.15) is 0 Å². The molecule has 0 aliphatic heterocycles. The highest BCUT2D eigenvalue weighted by molar-refractivity contribution is 5.36. The van der Waals surface area contributed by atoms with Crippen LogP contribution >= 0.6 is 0 Å². The number of hydrogen-bond acceptors (Lipinski definition) is 5. The summed E-state index contributed by atoms with van der Waals surface area (Å²) in [6, 6.07) is 8.75. The highest BCUT2D eigenvalue weighted by Gasteiger charge is 1.99. The van der Waals surface area contributed by atoms with E-state index in [0.717, 1.165) is 5.75 Å². The Bertz CT molecular complexity index is 471. The van der Waals surface area contributed by atoms with E-state index in [1.165, 1.54) is 6.33 Å². The predicted octanol–water partition coefficient (Wildman–Crippen LogP) is 1.86. The first-order valence-corrected chi connectivity index (χ1v) is 4.67. The third kappa shape index (κ3) is 2.38. The average Bonchev–Trinajstić information content (AvgIpc) is 2.30. The second-order valence-electron chi connectivity index (χ2n) is 3.06. The number of nitrogens with zero attached hydrogens (tertiary/aromatic N) is 2. The van der Waals surface area contributed by atoms with Gasteiger partial charge in [0.2, 0.25) is 5.88 Å². The summed E-state index contributed by atoms with van der Waals surface area (Å²) < 4.78 is 10.5. The molecule has 0 aliphatic carbocycles. The van der Waals surface area contributed by atoms with Crippen molar-refractivity contribution in [3.63, 3.8) is 0 Å². The Morgan fingerprint density at radius 1 is 1.06 bits per heavy atom. The van der Waals surface area contributed by atoms with Crippen LogP contribution in [-0.4, -0.2) is 17.1 Å². The largest absolute Gasteiger partial charge is 0.497 e. The smallest absolute Gasteiger partial charge is 0.224 e. The van der Waals surface area contributed by atoms with E-state index in [9.17, 15) is 0 Å². The van der Waals surface area contributed by atoms with Gasteiger partial charge in [0.25, 0.3) is 0 Å². The first-order chi connectivity index (χ1) is 7.78. The molecule has 0 fully saturated rings. The molecule has 0 spiro atoms. The molecular weight excluding hydrogens is 206 g/mol. The van der Waals surface area contributed by atoms with Crippen LogP contribution < -0.4 is 15.2 Å². The SMILES string of the molecule is COc1ccc(Oc2cc(N)ncn2)cc1. The van der Waals surface area contributed by atoms with Crippen molar-refractivity contribution in [1.82, 2.24) is 9.97 Å². The van der Waals surface area contributed by atoms with Gasteiger partial charge in [0.1, 0.15) is 23.6 Å². The summed E-state index contributed by atoms with van der Waals surface area (Å²) in [6.07, 6.45) is 1.36. The van der Waals surface area contributed by atoms with Gasteiger partial charge in [-0.15, -0.1) is 0 Å². The van der Waals surface area contributed by atoms with Crippen molar-refractivity contribution < 1.29 is 9.47 Å². The Morgan fingerprint density at radius 2 is 1.75 bits per heavy atom. The number of anilines is 1. The third-order valence-corrected chi connectivity index (χ3v) is 1.94. The summed E-state index contributed by atoms with van der Waals surface area (Å²) in [5.74, 6) is 2.23. The fraction of sp³-hybridized carbons (Fsp3) is 0.0909. The van der Waals surface area contributed by atoms with Crippen LogP contribution in [-0.2, 0) is 0 Å². The quantitative estimate of drug-likeness (QED) is 0.849. The molecule has 2 N–H and O–H groups in total. The second kappa shape index (κ2) is 4.48. The normalized spacial score (nSPS) is 9.81. The summed E-state index contributed by atoms with van der Waals surface area (Å²) in [6.45, 7) is 0. The van der Waals surface area contributed by atoms with E-state index in [4.69, 9.17) is 15.2 Å². The molecule has 82 valence electrons. The van der Waals surface area contributed by atoms with E-state index in [1.54, 1.807) is 37.4 Å². The first kappa shape index (κ1) is 10.2. The van der Waals surface area contributed by atoms with Crippen LogP contribution in [0, 0.1) is 0 Å². The minimum atomic E-state index is 0.374. The van der Waals surface area contributed by atoms with Gasteiger partial charge in [-0.25, -0.2) is 9.97 Å². The summed E-state index contributed by atoms with van der Waals surface area (Å²) in [4.78, 5) is 7.71. The minimum absolute atomic E-state index is 0.374. The minimum Gasteiger partial charge on any atom is -0.497 e. The zero-order valence-electron chi connectivity index (χ0n) is 8.75. The molecule has 0 atom stereocenters. The number of aromatic nitrogens is 2. The maximum absolute atomic E-state index is 5.51. The number of benzene rings is 1. The van der Waals surface area contributed by atoms with Crippen molar-refractivity contribution in [3.8, 4) is 17.4 Å². The average molecular weight is 217 g/mol. The van der Waals surface area contributed by atoms with E-state index in [2.05, 4.69) is 9.97 Å². The lowest BCUT2D eigenvalue weighted by Crippen LogP contribution is -1.93. The van der Waals surface area contributed by atoms with Crippen molar-refractivity contribution in [2.45, 2.75) is 0 Å². The molecule has 0 unspecified atom stereocenters. The lowest BCUT2D eigenvalue weighted by atomic mass is 10.3. The Hall–Kier alpha value is -2.30. The fourth-order valence-corrected chi connectivity index (χ4v) is 1.17. The zero-order valence-corrected chi connectivity index (χ0v) is 8.75. The standard InChI is InChI=1S/C11H11N3O2/c1-15-8-2-4-9(5-3-8)16-11-6-10(12)13-7-14-11/h2-7H,1H3,(H2,12,13,14). The van der Waals surface area contributed by atoms with Crippen LogP contribution in [0.4, 0.5) is 5.82 Å². The van der Waals surface area contributed by atoms with E-state index in [1.807, 2.05) is 0 Å². The number of nitrogens with two attached hydrogens (primary N) is 1. The lowest BCUT2D eigenvalue weighted by Gasteiger charge is -2.05. The van der Waals surface area contributed by atoms with E-state index < -0.39 is 0 Å². The fourth-order valence-electron chi connectivity index (χ4n) is 1.17. The Kier molecular flexibility index (Phi) is 2.86. The van der Waals surface area contributed by atoms with Gasteiger partial charge in [-0.05, 0) is 24.3 Å². The summed E-state index contributed by atoms with van der Waals surface area (Å²) in [5, 5.41) is 0. The van der Waals surface area contributed by atoms with E-state index >= 15 is 0 Å². The molecule has 5 heteroatoms. The monoisotopic (exact) mass is 217 g/mol. The summed E-state index contributed by atoms with van der Waals surface area (Å²) >= 11 is 0. The second-order valence-corrected chi connectivity index (χ2v) is 3.06. The lowest BCUT2D eigenvalue weighted by molar-refractivity contribution is 0.412. The molecule has 0 radical (unpaired) electrons. The zero-order chi connectivity index (χ0) is 11.4. The molecular formula is C11H11N3O2. The highest BCUT2D eigenvalue weighted by atomic mass is 16.5. The van der Waals surface area contributed by atoms with Crippen LogP contribution in [0.3, 0.4) is 0 Å². The molecule has 0 bridgehead atoms. The molecule has 0 aliphatic rings. The number of methoxy groups -OCH3 is 1. The summed E-state index contributed by atoms with van der Waals surface area (Å²) in [7, 11) is 1.61. The Labute approximate surface area is 92.9 Å². The van der Waals surface area contributed by atoms with Gasteiger partial charge in [-0.3, -0.25) is 0 Å². The molecule has 0 saturated heterocycles. The van der Waals surface area contributed by atoms with E-state index in [0.29, 0.717) is 17.4 Å². The highest BCUT2D eigenvalue weighted by Crippen LogP contribution is 2.22. The summed E-state index contributed by atoms with van der Waals surface area (Å²) in [5.41, 5.74) is 5.51. The third-order valence-electron chi connectivity index (χ3n) is 1.94. The van der Waals surface area contributed by atoms with Crippen molar-refractivity contribution in [2.75, 3.05) is 12.8 Å². The molecule has 0 amide bonds. The van der Waals surface area contributed by atoms with Gasteiger partial charge in [0.15, 0.2) is 0 Å². The molecule has 1 aromatic heterocycles. The van der Waals surface area contributed by atoms with E-state index in [-0.39, 0.29) is 0 Å². The van der Waals surface area contributed by atoms with Crippen LogP contribution in [0.15, 0.2) is 36.7 Å². The number of hydrogen-bond donors (Lipinski definition) is 1. The maximum Gasteiger partial charge on any atom is 0.224 e. The molecule has 1 heterocycles. The number of ether oxygens (including phenoxy) is 2. The first-order valence-electron chi connectivity index (χ1n) is 4.67. The number of nitrogen functional groups attached to an aromatic ring is 1. The van der Waals surface area contributed by atoms with Crippen LogP contribution in [0.25, 0.3) is 0 Å². The molecule has 2 rings (SSSR count). The van der Waals surface area contributed by atoms with Gasteiger partial charge < -0.3 is 15.2 Å². The van der Waals surface area contributed by atoms with Crippen molar-refractivity contribution >= 4 is 5.82 Å². The molecule has 1 aromatic carbocycles. The Balaban J connectivity index is 2.14. The molecule has 2 aromatic rings. The van der Waals surface area contributed by atoms with Crippen molar-refractivity contribution in [2.24, 2.45) is 0 Å². The van der Waals surface area contributed by atoms with Crippen molar-refractivity contribution in [3.05, 3.63) is 36.7 Å². The van der Waals surface area contributed by atoms with Gasteiger partial charge in [-0.1, -0.05) is 0 Å². The molecule has 5 nitrogen and oxygen atoms in total. The van der Waals surface area contributed by atoms with Gasteiger partial charge in [0, 0.05) is 6.07 Å². The Morgan fingerprint density at radius 3 is 2.38 bits per heavy atom. The molecule has 16 heavy (non-hydrogen) atoms. The topological polar surface area (TPSA) is 70.3 Å². The van der Waals surface area contributed by atoms with Crippen LogP contribution in [0.1, 0.15) is 0 Å². The number of rotatable bonds is 3. The maximum atomic E-state index is 5.51. The van der Waals surface area contributed by atoms with Crippen molar-refractivity contribution in [1.29, 1.82) is 0 Å². The van der Waals surface area contributed by atoms with Gasteiger partial charge >= 0.3 is 0 Å². The predicted molar refractivity (Wildman–Crippen MR) is 59.5 cm³/mol. The van der Waals surface area contributed by atoms with Gasteiger partial charge in [0.05, 0.1) is 7.11 Å². The molecule has 0 saturated carbocycles.